The molecule has 0 radical (unpaired) electrons. The average Bonchev–Trinajstić information content (AvgIpc) is 2.40. The summed E-state index contributed by atoms with van der Waals surface area (Å²) >= 11 is 0. The maximum atomic E-state index is 13.7. The van der Waals surface area contributed by atoms with Crippen LogP contribution in [0.15, 0.2) is 42.5 Å². The molecule has 19 heavy (non-hydrogen) atoms. The molecule has 0 bridgehead atoms. The van der Waals surface area contributed by atoms with Crippen LogP contribution in [-0.2, 0) is 13.0 Å². The molecule has 0 unspecified atom stereocenters. The summed E-state index contributed by atoms with van der Waals surface area (Å²) in [6.45, 7) is 0.467. The Morgan fingerprint density at radius 2 is 1.79 bits per heavy atom. The van der Waals surface area contributed by atoms with Gasteiger partial charge in [-0.3, -0.25) is 0 Å². The molecule has 0 atom stereocenters. The standard InChI is InChI=1S/C15H15F2NO/c16-13-4-2-1-3-12(13)10-19-15-6-5-11(7-8-18)9-14(15)17/h1-6,9H,7-8,10,18H2. The van der Waals surface area contributed by atoms with Crippen molar-refractivity contribution < 1.29 is 13.5 Å². The van der Waals surface area contributed by atoms with E-state index in [4.69, 9.17) is 10.5 Å². The van der Waals surface area contributed by atoms with Gasteiger partial charge in [0, 0.05) is 5.56 Å². The van der Waals surface area contributed by atoms with E-state index in [-0.39, 0.29) is 18.2 Å². The molecule has 0 aliphatic heterocycles. The topological polar surface area (TPSA) is 35.2 Å². The van der Waals surface area contributed by atoms with Crippen molar-refractivity contribution in [2.24, 2.45) is 5.73 Å². The van der Waals surface area contributed by atoms with Crippen LogP contribution in [0.25, 0.3) is 0 Å². The Balaban J connectivity index is 2.06. The lowest BCUT2D eigenvalue weighted by Gasteiger charge is -2.09. The van der Waals surface area contributed by atoms with Gasteiger partial charge in [0.05, 0.1) is 0 Å². The number of ether oxygens (including phenoxy) is 1. The first kappa shape index (κ1) is 13.5. The van der Waals surface area contributed by atoms with Crippen LogP contribution in [0.1, 0.15) is 11.1 Å². The van der Waals surface area contributed by atoms with E-state index in [9.17, 15) is 8.78 Å². The quantitative estimate of drug-likeness (QED) is 0.899. The fraction of sp³-hybridized carbons (Fsp3) is 0.200. The van der Waals surface area contributed by atoms with Crippen molar-refractivity contribution in [3.8, 4) is 5.75 Å². The zero-order valence-corrected chi connectivity index (χ0v) is 10.4. The minimum Gasteiger partial charge on any atom is -0.486 e. The molecular weight excluding hydrogens is 248 g/mol. The number of halogens is 2. The predicted molar refractivity (Wildman–Crippen MR) is 69.9 cm³/mol. The van der Waals surface area contributed by atoms with Gasteiger partial charge < -0.3 is 10.5 Å². The molecule has 0 spiro atoms. The van der Waals surface area contributed by atoms with Gasteiger partial charge >= 0.3 is 0 Å². The van der Waals surface area contributed by atoms with E-state index >= 15 is 0 Å². The molecule has 4 heteroatoms. The van der Waals surface area contributed by atoms with Crippen molar-refractivity contribution in [2.45, 2.75) is 13.0 Å². The lowest BCUT2D eigenvalue weighted by molar-refractivity contribution is 0.284. The first-order chi connectivity index (χ1) is 9.20. The van der Waals surface area contributed by atoms with Gasteiger partial charge in [0.15, 0.2) is 11.6 Å². The van der Waals surface area contributed by atoms with E-state index in [0.717, 1.165) is 5.56 Å². The van der Waals surface area contributed by atoms with E-state index in [2.05, 4.69) is 0 Å². The van der Waals surface area contributed by atoms with E-state index in [0.29, 0.717) is 18.5 Å². The first-order valence-electron chi connectivity index (χ1n) is 6.05. The lowest BCUT2D eigenvalue weighted by Crippen LogP contribution is -2.04. The molecule has 0 aromatic heterocycles. The monoisotopic (exact) mass is 263 g/mol. The third-order valence-electron chi connectivity index (χ3n) is 2.77. The second kappa shape index (κ2) is 6.29. The Morgan fingerprint density at radius 3 is 2.47 bits per heavy atom. The first-order valence-corrected chi connectivity index (χ1v) is 6.05. The third-order valence-corrected chi connectivity index (χ3v) is 2.77. The Labute approximate surface area is 110 Å². The summed E-state index contributed by atoms with van der Waals surface area (Å²) in [5.41, 5.74) is 6.62. The molecule has 0 amide bonds. The summed E-state index contributed by atoms with van der Waals surface area (Å²) in [5, 5.41) is 0. The van der Waals surface area contributed by atoms with Crippen LogP contribution in [0, 0.1) is 11.6 Å². The molecule has 2 N–H and O–H groups in total. The Kier molecular flexibility index (Phi) is 4.47. The largest absolute Gasteiger partial charge is 0.486 e. The molecular formula is C15H15F2NO. The second-order valence-electron chi connectivity index (χ2n) is 4.18. The van der Waals surface area contributed by atoms with Crippen LogP contribution in [0.2, 0.25) is 0 Å². The van der Waals surface area contributed by atoms with E-state index in [1.807, 2.05) is 0 Å². The molecule has 0 heterocycles. The Hall–Kier alpha value is -1.94. The molecule has 2 nitrogen and oxygen atoms in total. The zero-order valence-electron chi connectivity index (χ0n) is 10.4. The summed E-state index contributed by atoms with van der Waals surface area (Å²) in [7, 11) is 0. The number of hydrogen-bond acceptors (Lipinski definition) is 2. The highest BCUT2D eigenvalue weighted by molar-refractivity contribution is 5.30. The van der Waals surface area contributed by atoms with Crippen LogP contribution < -0.4 is 10.5 Å². The van der Waals surface area contributed by atoms with Gasteiger partial charge in [0.2, 0.25) is 0 Å². The van der Waals surface area contributed by atoms with E-state index in [1.54, 1.807) is 30.3 Å². The van der Waals surface area contributed by atoms with Gasteiger partial charge in [-0.25, -0.2) is 8.78 Å². The van der Waals surface area contributed by atoms with Crippen molar-refractivity contribution >= 4 is 0 Å². The van der Waals surface area contributed by atoms with Gasteiger partial charge in [-0.2, -0.15) is 0 Å². The fourth-order valence-electron chi connectivity index (χ4n) is 1.75. The summed E-state index contributed by atoms with van der Waals surface area (Å²) in [5.74, 6) is -0.700. The molecule has 100 valence electrons. The predicted octanol–water partition coefficient (Wildman–Crippen LogP) is 3.05. The van der Waals surface area contributed by atoms with Crippen molar-refractivity contribution in [3.05, 3.63) is 65.2 Å². The molecule has 2 rings (SSSR count). The van der Waals surface area contributed by atoms with Crippen LogP contribution >= 0.6 is 0 Å². The highest BCUT2D eigenvalue weighted by atomic mass is 19.1. The minimum absolute atomic E-state index is 0.000170. The number of hydrogen-bond donors (Lipinski definition) is 1. The zero-order chi connectivity index (χ0) is 13.7. The third kappa shape index (κ3) is 3.51. The van der Waals surface area contributed by atoms with Crippen LogP contribution in [-0.4, -0.2) is 6.54 Å². The van der Waals surface area contributed by atoms with Gasteiger partial charge in [-0.1, -0.05) is 24.3 Å². The van der Waals surface area contributed by atoms with Gasteiger partial charge in [-0.05, 0) is 36.7 Å². The van der Waals surface area contributed by atoms with Gasteiger partial charge in [0.25, 0.3) is 0 Å². The summed E-state index contributed by atoms with van der Waals surface area (Å²) in [6, 6.07) is 11.0. The molecule has 0 fully saturated rings. The minimum atomic E-state index is -0.456. The van der Waals surface area contributed by atoms with Crippen molar-refractivity contribution in [1.82, 2.24) is 0 Å². The summed E-state index contributed by atoms with van der Waals surface area (Å²) in [4.78, 5) is 0. The SMILES string of the molecule is NCCc1ccc(OCc2ccccc2F)c(F)c1. The molecule has 2 aromatic rings. The van der Waals surface area contributed by atoms with E-state index < -0.39 is 5.82 Å². The normalized spacial score (nSPS) is 10.5. The smallest absolute Gasteiger partial charge is 0.165 e. The fourth-order valence-corrected chi connectivity index (χ4v) is 1.75. The molecule has 0 saturated heterocycles. The molecule has 0 aliphatic carbocycles. The molecule has 0 aliphatic rings. The van der Waals surface area contributed by atoms with Crippen LogP contribution in [0.4, 0.5) is 8.78 Å². The summed E-state index contributed by atoms with van der Waals surface area (Å²) in [6.07, 6.45) is 0.616. The van der Waals surface area contributed by atoms with Gasteiger partial charge in [-0.15, -0.1) is 0 Å². The van der Waals surface area contributed by atoms with Crippen LogP contribution in [0.5, 0.6) is 5.75 Å². The van der Waals surface area contributed by atoms with Crippen molar-refractivity contribution in [3.63, 3.8) is 0 Å². The number of rotatable bonds is 5. The summed E-state index contributed by atoms with van der Waals surface area (Å²) < 4.78 is 32.4. The molecule has 0 saturated carbocycles. The van der Waals surface area contributed by atoms with Crippen LogP contribution in [0.3, 0.4) is 0 Å². The van der Waals surface area contributed by atoms with Crippen molar-refractivity contribution in [1.29, 1.82) is 0 Å². The second-order valence-corrected chi connectivity index (χ2v) is 4.18. The maximum absolute atomic E-state index is 13.7. The van der Waals surface area contributed by atoms with Gasteiger partial charge in [0.1, 0.15) is 12.4 Å². The average molecular weight is 263 g/mol. The highest BCUT2D eigenvalue weighted by Crippen LogP contribution is 2.20. The Bertz CT molecular complexity index is 558. The Morgan fingerprint density at radius 1 is 1.00 bits per heavy atom. The maximum Gasteiger partial charge on any atom is 0.165 e. The lowest BCUT2D eigenvalue weighted by atomic mass is 10.1. The van der Waals surface area contributed by atoms with Crippen molar-refractivity contribution in [2.75, 3.05) is 6.54 Å². The molecule has 2 aromatic carbocycles. The van der Waals surface area contributed by atoms with E-state index in [1.165, 1.54) is 12.1 Å². The number of nitrogens with two attached hydrogens (primary N) is 1. The highest BCUT2D eigenvalue weighted by Gasteiger charge is 2.07. The number of benzene rings is 2.